The summed E-state index contributed by atoms with van der Waals surface area (Å²) < 4.78 is 26.8. The lowest BCUT2D eigenvalue weighted by Gasteiger charge is -2.14. The van der Waals surface area contributed by atoms with Crippen molar-refractivity contribution in [3.8, 4) is 0 Å². The summed E-state index contributed by atoms with van der Waals surface area (Å²) in [6, 6.07) is 10.3. The number of carbonyl (C=O) groups excluding carboxylic acids is 1. The maximum Gasteiger partial charge on any atom is 0.321 e. The highest BCUT2D eigenvalue weighted by atomic mass is 32.2. The van der Waals surface area contributed by atoms with E-state index in [1.165, 1.54) is 12.1 Å². The molecule has 0 aliphatic rings. The number of nitrogens with one attached hydrogen (secondary N) is 1. The Kier molecular flexibility index (Phi) is 4.97. The summed E-state index contributed by atoms with van der Waals surface area (Å²) >= 11 is 0. The molecule has 8 heteroatoms. The molecule has 0 fully saturated rings. The summed E-state index contributed by atoms with van der Waals surface area (Å²) in [4.78, 5) is 21.9. The van der Waals surface area contributed by atoms with E-state index in [0.29, 0.717) is 0 Å². The van der Waals surface area contributed by atoms with Gasteiger partial charge in [0.25, 0.3) is 0 Å². The van der Waals surface area contributed by atoms with E-state index in [4.69, 9.17) is 10.8 Å². The van der Waals surface area contributed by atoms with Crippen LogP contribution in [-0.4, -0.2) is 31.4 Å². The molecule has 7 nitrogen and oxygen atoms in total. The van der Waals surface area contributed by atoms with Gasteiger partial charge in [0, 0.05) is 6.42 Å². The quantitative estimate of drug-likeness (QED) is 0.690. The average molecular weight is 336 g/mol. The molecule has 0 heterocycles. The smallest absolute Gasteiger partial charge is 0.321 e. The zero-order chi connectivity index (χ0) is 17.0. The SMILES string of the molecule is NC(=O)CCC(NS(=O)(=O)c1ccc2ccccc2c1)C(=O)O. The van der Waals surface area contributed by atoms with Crippen molar-refractivity contribution in [2.75, 3.05) is 0 Å². The van der Waals surface area contributed by atoms with E-state index in [2.05, 4.69) is 4.72 Å². The van der Waals surface area contributed by atoms with Gasteiger partial charge in [0.1, 0.15) is 6.04 Å². The predicted molar refractivity (Wildman–Crippen MR) is 84.1 cm³/mol. The number of nitrogens with two attached hydrogens (primary N) is 1. The first kappa shape index (κ1) is 16.9. The zero-order valence-electron chi connectivity index (χ0n) is 12.1. The summed E-state index contributed by atoms with van der Waals surface area (Å²) in [5.41, 5.74) is 4.97. The number of hydrogen-bond donors (Lipinski definition) is 3. The standard InChI is InChI=1S/C15H16N2O5S/c16-14(18)8-7-13(15(19)20)17-23(21,22)12-6-5-10-3-1-2-4-11(10)9-12/h1-6,9,13,17H,7-8H2,(H2,16,18)(H,19,20). The molecule has 0 spiro atoms. The van der Waals surface area contributed by atoms with E-state index in [1.807, 2.05) is 12.1 Å². The van der Waals surface area contributed by atoms with Crippen molar-refractivity contribution in [3.05, 3.63) is 42.5 Å². The maximum atomic E-state index is 12.3. The van der Waals surface area contributed by atoms with Gasteiger partial charge in [0.2, 0.25) is 15.9 Å². The fraction of sp³-hybridized carbons (Fsp3) is 0.200. The number of carboxylic acid groups (broad SMARTS) is 1. The van der Waals surface area contributed by atoms with Gasteiger partial charge < -0.3 is 10.8 Å². The topological polar surface area (TPSA) is 127 Å². The second kappa shape index (κ2) is 6.76. The Balaban J connectivity index is 2.27. The number of aliphatic carboxylic acids is 1. The molecule has 4 N–H and O–H groups in total. The van der Waals surface area contributed by atoms with Crippen LogP contribution in [0.25, 0.3) is 10.8 Å². The number of amides is 1. The lowest BCUT2D eigenvalue weighted by Crippen LogP contribution is -2.41. The Labute approximate surface area is 133 Å². The number of hydrogen-bond acceptors (Lipinski definition) is 4. The van der Waals surface area contributed by atoms with Gasteiger partial charge in [-0.3, -0.25) is 9.59 Å². The fourth-order valence-electron chi connectivity index (χ4n) is 2.11. The van der Waals surface area contributed by atoms with Crippen LogP contribution < -0.4 is 10.5 Å². The predicted octanol–water partition coefficient (Wildman–Crippen LogP) is 0.837. The lowest BCUT2D eigenvalue weighted by atomic mass is 10.1. The van der Waals surface area contributed by atoms with Crippen LogP contribution in [-0.2, 0) is 19.6 Å². The van der Waals surface area contributed by atoms with Gasteiger partial charge in [-0.1, -0.05) is 30.3 Å². The molecule has 1 amide bonds. The second-order valence-electron chi connectivity index (χ2n) is 5.03. The van der Waals surface area contributed by atoms with E-state index in [1.54, 1.807) is 18.2 Å². The first-order chi connectivity index (χ1) is 10.8. The number of sulfonamides is 1. The summed E-state index contributed by atoms with van der Waals surface area (Å²) in [5, 5.41) is 10.7. The summed E-state index contributed by atoms with van der Waals surface area (Å²) in [5.74, 6) is -2.06. The fourth-order valence-corrected chi connectivity index (χ4v) is 3.37. The van der Waals surface area contributed by atoms with Gasteiger partial charge in [-0.15, -0.1) is 0 Å². The highest BCUT2D eigenvalue weighted by Gasteiger charge is 2.25. The van der Waals surface area contributed by atoms with Crippen LogP contribution in [0.15, 0.2) is 47.4 Å². The van der Waals surface area contributed by atoms with E-state index in [9.17, 15) is 18.0 Å². The zero-order valence-corrected chi connectivity index (χ0v) is 12.9. The van der Waals surface area contributed by atoms with Gasteiger partial charge in [0.05, 0.1) is 4.90 Å². The number of benzene rings is 2. The Bertz CT molecular complexity index is 848. The number of primary amides is 1. The third kappa shape index (κ3) is 4.27. The van der Waals surface area contributed by atoms with Crippen molar-refractivity contribution in [1.29, 1.82) is 0 Å². The molecule has 2 aromatic carbocycles. The Hall–Kier alpha value is -2.45. The maximum absolute atomic E-state index is 12.3. The number of carbonyl (C=O) groups is 2. The molecule has 0 aliphatic carbocycles. The molecule has 0 bridgehead atoms. The first-order valence-electron chi connectivity index (χ1n) is 6.82. The van der Waals surface area contributed by atoms with E-state index < -0.39 is 27.9 Å². The Morgan fingerprint density at radius 2 is 1.78 bits per heavy atom. The minimum atomic E-state index is -4.03. The van der Waals surface area contributed by atoms with Gasteiger partial charge in [0.15, 0.2) is 0 Å². The number of fused-ring (bicyclic) bond motifs is 1. The highest BCUT2D eigenvalue weighted by molar-refractivity contribution is 7.89. The molecular weight excluding hydrogens is 320 g/mol. The molecule has 1 atom stereocenters. The van der Waals surface area contributed by atoms with Gasteiger partial charge in [-0.25, -0.2) is 8.42 Å². The third-order valence-corrected chi connectivity index (χ3v) is 4.78. The van der Waals surface area contributed by atoms with Crippen LogP contribution in [0.1, 0.15) is 12.8 Å². The average Bonchev–Trinajstić information content (AvgIpc) is 2.50. The van der Waals surface area contributed by atoms with Crippen LogP contribution >= 0.6 is 0 Å². The number of carboxylic acids is 1. The minimum absolute atomic E-state index is 0.0403. The van der Waals surface area contributed by atoms with E-state index >= 15 is 0 Å². The highest BCUT2D eigenvalue weighted by Crippen LogP contribution is 2.19. The summed E-state index contributed by atoms with van der Waals surface area (Å²) in [6.07, 6.45) is -0.436. The normalized spacial score (nSPS) is 12.9. The molecule has 0 saturated carbocycles. The molecule has 2 rings (SSSR count). The first-order valence-corrected chi connectivity index (χ1v) is 8.30. The van der Waals surface area contributed by atoms with E-state index in [0.717, 1.165) is 10.8 Å². The Morgan fingerprint density at radius 3 is 2.39 bits per heavy atom. The molecule has 2 aromatic rings. The molecule has 122 valence electrons. The molecule has 0 saturated heterocycles. The van der Waals surface area contributed by atoms with Crippen LogP contribution in [0, 0.1) is 0 Å². The van der Waals surface area contributed by atoms with Gasteiger partial charge in [-0.2, -0.15) is 4.72 Å². The van der Waals surface area contributed by atoms with Crippen molar-refractivity contribution in [2.45, 2.75) is 23.8 Å². The third-order valence-electron chi connectivity index (χ3n) is 3.31. The van der Waals surface area contributed by atoms with Crippen molar-refractivity contribution in [3.63, 3.8) is 0 Å². The van der Waals surface area contributed by atoms with Crippen molar-refractivity contribution in [2.24, 2.45) is 5.73 Å². The van der Waals surface area contributed by atoms with E-state index in [-0.39, 0.29) is 17.7 Å². The minimum Gasteiger partial charge on any atom is -0.480 e. The molecule has 0 aliphatic heterocycles. The second-order valence-corrected chi connectivity index (χ2v) is 6.74. The lowest BCUT2D eigenvalue weighted by molar-refractivity contribution is -0.139. The molecular formula is C15H16N2O5S. The summed E-state index contributed by atoms with van der Waals surface area (Å²) in [7, 11) is -4.03. The van der Waals surface area contributed by atoms with Crippen molar-refractivity contribution < 1.29 is 23.1 Å². The van der Waals surface area contributed by atoms with Crippen molar-refractivity contribution in [1.82, 2.24) is 4.72 Å². The molecule has 1 unspecified atom stereocenters. The Morgan fingerprint density at radius 1 is 1.13 bits per heavy atom. The molecule has 0 radical (unpaired) electrons. The van der Waals surface area contributed by atoms with Crippen LogP contribution in [0.4, 0.5) is 0 Å². The van der Waals surface area contributed by atoms with Gasteiger partial charge >= 0.3 is 5.97 Å². The largest absolute Gasteiger partial charge is 0.480 e. The monoisotopic (exact) mass is 336 g/mol. The van der Waals surface area contributed by atoms with Gasteiger partial charge in [-0.05, 0) is 29.3 Å². The van der Waals surface area contributed by atoms with Crippen LogP contribution in [0.3, 0.4) is 0 Å². The van der Waals surface area contributed by atoms with Crippen molar-refractivity contribution >= 4 is 32.7 Å². The molecule has 0 aromatic heterocycles. The summed E-state index contributed by atoms with van der Waals surface area (Å²) in [6.45, 7) is 0. The van der Waals surface area contributed by atoms with Crippen LogP contribution in [0.2, 0.25) is 0 Å². The van der Waals surface area contributed by atoms with Crippen LogP contribution in [0.5, 0.6) is 0 Å². The molecule has 23 heavy (non-hydrogen) atoms. The number of rotatable bonds is 7.